The van der Waals surface area contributed by atoms with Crippen molar-refractivity contribution in [3.05, 3.63) is 63.6 Å². The fourth-order valence-electron chi connectivity index (χ4n) is 3.55. The highest BCUT2D eigenvalue weighted by Crippen LogP contribution is 2.28. The molecule has 0 aromatic heterocycles. The Bertz CT molecular complexity index is 1140. The van der Waals surface area contributed by atoms with Gasteiger partial charge in [0, 0.05) is 28.2 Å². The molecule has 1 N–H and O–H groups in total. The summed E-state index contributed by atoms with van der Waals surface area (Å²) in [5.41, 5.74) is 1.69. The van der Waals surface area contributed by atoms with Crippen molar-refractivity contribution in [3.63, 3.8) is 0 Å². The standard InChI is InChI=1S/C25H33Cl2N3O4S/c1-6-17(3)28-25(32)18(4)29(15-20-21(26)12-10-13-22(20)27)24(31)16-30(35(5,33)34)23-14-9-8-11-19(23)7-2/h8-14,17-18H,6-7,15-16H2,1-5H3,(H,28,32)/t17-,18-/m0/s1. The molecule has 2 rings (SSSR count). The Kier molecular flexibility index (Phi) is 10.4. The van der Waals surface area contributed by atoms with Crippen molar-refractivity contribution in [2.45, 2.75) is 59.2 Å². The molecule has 7 nitrogen and oxygen atoms in total. The first-order chi connectivity index (χ1) is 16.4. The largest absolute Gasteiger partial charge is 0.352 e. The normalized spacial score (nSPS) is 13.1. The summed E-state index contributed by atoms with van der Waals surface area (Å²) in [5.74, 6) is -0.903. The number of nitrogens with one attached hydrogen (secondary N) is 1. The number of carbonyl (C=O) groups is 2. The molecular formula is C25H33Cl2N3O4S. The van der Waals surface area contributed by atoms with E-state index in [2.05, 4.69) is 5.32 Å². The smallest absolute Gasteiger partial charge is 0.244 e. The molecule has 0 aliphatic heterocycles. The Morgan fingerprint density at radius 1 is 1.00 bits per heavy atom. The van der Waals surface area contributed by atoms with Crippen LogP contribution >= 0.6 is 23.2 Å². The Morgan fingerprint density at radius 3 is 2.14 bits per heavy atom. The number of anilines is 1. The molecule has 2 aromatic carbocycles. The van der Waals surface area contributed by atoms with E-state index in [1.165, 1.54) is 4.90 Å². The molecule has 192 valence electrons. The number of para-hydroxylation sites is 1. The van der Waals surface area contributed by atoms with Crippen LogP contribution in [0.4, 0.5) is 5.69 Å². The quantitative estimate of drug-likeness (QED) is 0.448. The van der Waals surface area contributed by atoms with Crippen LogP contribution in [0.15, 0.2) is 42.5 Å². The van der Waals surface area contributed by atoms with Gasteiger partial charge in [0.15, 0.2) is 0 Å². The lowest BCUT2D eigenvalue weighted by Gasteiger charge is -2.32. The van der Waals surface area contributed by atoms with Crippen LogP contribution in [0.25, 0.3) is 0 Å². The average molecular weight is 543 g/mol. The first-order valence-corrected chi connectivity index (χ1v) is 14.1. The molecule has 0 spiro atoms. The van der Waals surface area contributed by atoms with Crippen molar-refractivity contribution in [1.29, 1.82) is 0 Å². The van der Waals surface area contributed by atoms with Crippen molar-refractivity contribution in [2.75, 3.05) is 17.1 Å². The van der Waals surface area contributed by atoms with Crippen LogP contribution in [-0.2, 0) is 32.6 Å². The molecule has 0 bridgehead atoms. The predicted octanol–water partition coefficient (Wildman–Crippen LogP) is 4.65. The van der Waals surface area contributed by atoms with Gasteiger partial charge >= 0.3 is 0 Å². The molecule has 0 unspecified atom stereocenters. The molecule has 10 heteroatoms. The third kappa shape index (κ3) is 7.59. The van der Waals surface area contributed by atoms with Crippen LogP contribution in [0.3, 0.4) is 0 Å². The van der Waals surface area contributed by atoms with Gasteiger partial charge in [-0.3, -0.25) is 13.9 Å². The second-order valence-electron chi connectivity index (χ2n) is 8.47. The van der Waals surface area contributed by atoms with Crippen molar-refractivity contribution in [2.24, 2.45) is 0 Å². The Labute approximate surface area is 218 Å². The third-order valence-electron chi connectivity index (χ3n) is 5.88. The molecule has 0 saturated carbocycles. The van der Waals surface area contributed by atoms with E-state index in [0.29, 0.717) is 27.7 Å². The predicted molar refractivity (Wildman–Crippen MR) is 142 cm³/mol. The van der Waals surface area contributed by atoms with Gasteiger partial charge in [-0.1, -0.05) is 61.3 Å². The van der Waals surface area contributed by atoms with Gasteiger partial charge in [-0.15, -0.1) is 0 Å². The van der Waals surface area contributed by atoms with E-state index in [1.54, 1.807) is 37.3 Å². The molecule has 0 radical (unpaired) electrons. The van der Waals surface area contributed by atoms with Crippen molar-refractivity contribution in [3.8, 4) is 0 Å². The molecule has 2 aromatic rings. The van der Waals surface area contributed by atoms with Gasteiger partial charge in [0.25, 0.3) is 0 Å². The summed E-state index contributed by atoms with van der Waals surface area (Å²) in [6, 6.07) is 11.0. The summed E-state index contributed by atoms with van der Waals surface area (Å²) < 4.78 is 26.6. The van der Waals surface area contributed by atoms with E-state index in [0.717, 1.165) is 22.5 Å². The van der Waals surface area contributed by atoms with Crippen molar-refractivity contribution >= 4 is 50.7 Å². The van der Waals surface area contributed by atoms with E-state index in [1.807, 2.05) is 32.9 Å². The molecule has 0 aliphatic rings. The van der Waals surface area contributed by atoms with E-state index < -0.39 is 28.5 Å². The number of rotatable bonds is 11. The molecule has 0 aliphatic carbocycles. The number of nitrogens with zero attached hydrogens (tertiary/aromatic N) is 2. The third-order valence-corrected chi connectivity index (χ3v) is 7.71. The summed E-state index contributed by atoms with van der Waals surface area (Å²) in [6.07, 6.45) is 2.36. The zero-order valence-electron chi connectivity index (χ0n) is 20.7. The maximum absolute atomic E-state index is 13.7. The number of aryl methyl sites for hydroxylation is 1. The zero-order chi connectivity index (χ0) is 26.3. The van der Waals surface area contributed by atoms with Crippen LogP contribution in [0.1, 0.15) is 45.2 Å². The lowest BCUT2D eigenvalue weighted by atomic mass is 10.1. The molecule has 0 fully saturated rings. The molecule has 0 saturated heterocycles. The monoisotopic (exact) mass is 541 g/mol. The van der Waals surface area contributed by atoms with E-state index in [-0.39, 0.29) is 18.5 Å². The Balaban J connectivity index is 2.48. The minimum Gasteiger partial charge on any atom is -0.352 e. The maximum atomic E-state index is 13.7. The van der Waals surface area contributed by atoms with Crippen LogP contribution < -0.4 is 9.62 Å². The fourth-order valence-corrected chi connectivity index (χ4v) is 4.95. The van der Waals surface area contributed by atoms with Crippen molar-refractivity contribution < 1.29 is 18.0 Å². The maximum Gasteiger partial charge on any atom is 0.244 e. The first-order valence-electron chi connectivity index (χ1n) is 11.5. The lowest BCUT2D eigenvalue weighted by Crippen LogP contribution is -2.52. The van der Waals surface area contributed by atoms with Gasteiger partial charge in [-0.25, -0.2) is 8.42 Å². The number of halogens is 2. The highest BCUT2D eigenvalue weighted by atomic mass is 35.5. The Hall–Kier alpha value is -2.29. The van der Waals surface area contributed by atoms with Crippen LogP contribution in [0, 0.1) is 0 Å². The van der Waals surface area contributed by atoms with E-state index in [9.17, 15) is 18.0 Å². The molecule has 2 amide bonds. The van der Waals surface area contributed by atoms with E-state index >= 15 is 0 Å². The molecule has 2 atom stereocenters. The summed E-state index contributed by atoms with van der Waals surface area (Å²) in [6.45, 7) is 6.80. The number of carbonyl (C=O) groups excluding carboxylic acids is 2. The van der Waals surface area contributed by atoms with E-state index in [4.69, 9.17) is 23.2 Å². The second kappa shape index (κ2) is 12.6. The summed E-state index contributed by atoms with van der Waals surface area (Å²) in [4.78, 5) is 27.9. The van der Waals surface area contributed by atoms with Crippen LogP contribution in [-0.4, -0.2) is 50.0 Å². The first kappa shape index (κ1) is 28.9. The van der Waals surface area contributed by atoms with Gasteiger partial charge in [0.2, 0.25) is 21.8 Å². The van der Waals surface area contributed by atoms with Gasteiger partial charge in [-0.2, -0.15) is 0 Å². The molecule has 0 heterocycles. The molecular weight excluding hydrogens is 509 g/mol. The zero-order valence-corrected chi connectivity index (χ0v) is 23.0. The summed E-state index contributed by atoms with van der Waals surface area (Å²) in [5, 5.41) is 3.58. The molecule has 35 heavy (non-hydrogen) atoms. The van der Waals surface area contributed by atoms with Gasteiger partial charge in [0.05, 0.1) is 11.9 Å². The van der Waals surface area contributed by atoms with Gasteiger partial charge in [-0.05, 0) is 50.5 Å². The highest BCUT2D eigenvalue weighted by molar-refractivity contribution is 7.92. The SMILES string of the molecule is CCc1ccccc1N(CC(=O)N(Cc1c(Cl)cccc1Cl)[C@@H](C)C(=O)N[C@@H](C)CC)S(C)(=O)=O. The number of sulfonamides is 1. The van der Waals surface area contributed by atoms with Gasteiger partial charge in [0.1, 0.15) is 12.6 Å². The minimum atomic E-state index is -3.80. The van der Waals surface area contributed by atoms with Gasteiger partial charge < -0.3 is 10.2 Å². The fraction of sp³-hybridized carbons (Fsp3) is 0.440. The summed E-state index contributed by atoms with van der Waals surface area (Å²) in [7, 11) is -3.80. The number of amides is 2. The second-order valence-corrected chi connectivity index (χ2v) is 11.2. The summed E-state index contributed by atoms with van der Waals surface area (Å²) >= 11 is 12.7. The number of benzene rings is 2. The topological polar surface area (TPSA) is 86.8 Å². The average Bonchev–Trinajstić information content (AvgIpc) is 2.80. The highest BCUT2D eigenvalue weighted by Gasteiger charge is 2.31. The number of hydrogen-bond acceptors (Lipinski definition) is 4. The van der Waals surface area contributed by atoms with Crippen molar-refractivity contribution in [1.82, 2.24) is 10.2 Å². The van der Waals surface area contributed by atoms with Crippen LogP contribution in [0.5, 0.6) is 0 Å². The lowest BCUT2D eigenvalue weighted by molar-refractivity contribution is -0.139. The number of hydrogen-bond donors (Lipinski definition) is 1. The Morgan fingerprint density at radius 2 is 1.60 bits per heavy atom. The minimum absolute atomic E-state index is 0.0561. The van der Waals surface area contributed by atoms with Crippen LogP contribution in [0.2, 0.25) is 10.0 Å².